The number of ether oxygens (including phenoxy) is 1. The molecule has 0 saturated carbocycles. The minimum atomic E-state index is -0.0967. The van der Waals surface area contributed by atoms with Crippen molar-refractivity contribution in [3.8, 4) is 0 Å². The summed E-state index contributed by atoms with van der Waals surface area (Å²) in [6.45, 7) is 6.50. The van der Waals surface area contributed by atoms with E-state index in [4.69, 9.17) is 4.74 Å². The Labute approximate surface area is 148 Å². The van der Waals surface area contributed by atoms with Gasteiger partial charge in [-0.3, -0.25) is 4.79 Å². The zero-order valence-electron chi connectivity index (χ0n) is 14.9. The molecule has 0 atom stereocenters. The monoisotopic (exact) mass is 342 g/mol. The van der Waals surface area contributed by atoms with Crippen LogP contribution < -0.4 is 16.2 Å². The van der Waals surface area contributed by atoms with Crippen molar-refractivity contribution in [2.75, 3.05) is 23.8 Å². The molecule has 0 amide bonds. The van der Waals surface area contributed by atoms with Crippen molar-refractivity contribution in [1.29, 1.82) is 0 Å². The first kappa shape index (κ1) is 17.5. The third-order valence-electron chi connectivity index (χ3n) is 4.22. The summed E-state index contributed by atoms with van der Waals surface area (Å²) in [5.74, 6) is 0.761. The molecule has 0 aliphatic carbocycles. The fourth-order valence-electron chi connectivity index (χ4n) is 2.93. The van der Waals surface area contributed by atoms with Crippen LogP contribution in [-0.2, 0) is 11.3 Å². The van der Waals surface area contributed by atoms with E-state index in [1.54, 1.807) is 17.0 Å². The van der Waals surface area contributed by atoms with Gasteiger partial charge < -0.3 is 19.9 Å². The molecule has 0 unspecified atom stereocenters. The first-order valence-corrected chi connectivity index (χ1v) is 8.88. The van der Waals surface area contributed by atoms with Gasteiger partial charge in [0, 0.05) is 49.6 Å². The zero-order chi connectivity index (χ0) is 17.6. The Morgan fingerprint density at radius 3 is 2.56 bits per heavy atom. The molecule has 1 fully saturated rings. The maximum Gasteiger partial charge on any atom is 0.293 e. The molecule has 2 aromatic rings. The summed E-state index contributed by atoms with van der Waals surface area (Å²) in [6, 6.07) is 8.43. The minimum Gasteiger partial charge on any atom is -0.382 e. The Morgan fingerprint density at radius 2 is 1.88 bits per heavy atom. The lowest BCUT2D eigenvalue weighted by molar-refractivity contribution is 0.0904. The number of anilines is 3. The molecular formula is C19H26N4O2. The van der Waals surface area contributed by atoms with Crippen LogP contribution in [0.25, 0.3) is 0 Å². The molecule has 1 aromatic carbocycles. The third kappa shape index (κ3) is 4.82. The van der Waals surface area contributed by atoms with E-state index in [2.05, 4.69) is 29.5 Å². The fraction of sp³-hybridized carbons (Fsp3) is 0.474. The smallest absolute Gasteiger partial charge is 0.293 e. The van der Waals surface area contributed by atoms with Crippen LogP contribution in [0.3, 0.4) is 0 Å². The molecule has 6 heteroatoms. The number of benzene rings is 1. The molecule has 134 valence electrons. The van der Waals surface area contributed by atoms with E-state index >= 15 is 0 Å². The highest BCUT2D eigenvalue weighted by Gasteiger charge is 2.13. The second-order valence-corrected chi connectivity index (χ2v) is 6.86. The van der Waals surface area contributed by atoms with E-state index < -0.39 is 0 Å². The van der Waals surface area contributed by atoms with E-state index in [-0.39, 0.29) is 5.56 Å². The van der Waals surface area contributed by atoms with Crippen molar-refractivity contribution in [3.05, 3.63) is 47.0 Å². The topological polar surface area (TPSA) is 68.2 Å². The van der Waals surface area contributed by atoms with E-state index in [1.165, 1.54) is 0 Å². The molecule has 1 aliphatic rings. The molecule has 2 heterocycles. The number of nitrogens with one attached hydrogen (secondary N) is 2. The summed E-state index contributed by atoms with van der Waals surface area (Å²) >= 11 is 0. The van der Waals surface area contributed by atoms with Crippen molar-refractivity contribution in [2.24, 2.45) is 5.92 Å². The van der Waals surface area contributed by atoms with Crippen molar-refractivity contribution < 1.29 is 4.74 Å². The van der Waals surface area contributed by atoms with Gasteiger partial charge in [0.2, 0.25) is 0 Å². The first-order chi connectivity index (χ1) is 12.1. The predicted octanol–water partition coefficient (Wildman–Crippen LogP) is 3.23. The highest BCUT2D eigenvalue weighted by atomic mass is 16.5. The molecule has 0 spiro atoms. The molecule has 1 aliphatic heterocycles. The Bertz CT molecular complexity index is 734. The zero-order valence-corrected chi connectivity index (χ0v) is 14.9. The maximum atomic E-state index is 12.5. The van der Waals surface area contributed by atoms with Gasteiger partial charge in [-0.25, -0.2) is 4.98 Å². The standard InChI is InChI=1S/C19H26N4O2/c1-14(2)13-23-10-9-20-18(19(23)24)22-16-5-3-15(4-6-16)21-17-7-11-25-12-8-17/h3-6,9-10,14,17,21H,7-8,11-13H2,1-2H3,(H,20,22). The Kier molecular flexibility index (Phi) is 5.71. The van der Waals surface area contributed by atoms with Gasteiger partial charge >= 0.3 is 0 Å². The molecule has 2 N–H and O–H groups in total. The summed E-state index contributed by atoms with van der Waals surface area (Å²) in [6.07, 6.45) is 5.45. The van der Waals surface area contributed by atoms with Crippen LogP contribution in [0, 0.1) is 5.92 Å². The number of nitrogens with zero attached hydrogens (tertiary/aromatic N) is 2. The third-order valence-corrected chi connectivity index (χ3v) is 4.22. The number of hydrogen-bond donors (Lipinski definition) is 2. The van der Waals surface area contributed by atoms with Gasteiger partial charge in [0.1, 0.15) is 0 Å². The van der Waals surface area contributed by atoms with Gasteiger partial charge in [0.25, 0.3) is 5.56 Å². The van der Waals surface area contributed by atoms with Gasteiger partial charge in [0.15, 0.2) is 5.82 Å². The number of rotatable bonds is 6. The van der Waals surface area contributed by atoms with Gasteiger partial charge in [0.05, 0.1) is 0 Å². The highest BCUT2D eigenvalue weighted by molar-refractivity contribution is 5.59. The van der Waals surface area contributed by atoms with Gasteiger partial charge in [-0.15, -0.1) is 0 Å². The second-order valence-electron chi connectivity index (χ2n) is 6.86. The van der Waals surface area contributed by atoms with E-state index in [1.807, 2.05) is 24.3 Å². The molecule has 0 bridgehead atoms. The van der Waals surface area contributed by atoms with Crippen LogP contribution in [0.2, 0.25) is 0 Å². The van der Waals surface area contributed by atoms with Crippen LogP contribution in [0.15, 0.2) is 41.5 Å². The van der Waals surface area contributed by atoms with Gasteiger partial charge in [-0.1, -0.05) is 13.8 Å². The Morgan fingerprint density at radius 1 is 1.20 bits per heavy atom. The predicted molar refractivity (Wildman–Crippen MR) is 101 cm³/mol. The van der Waals surface area contributed by atoms with E-state index in [0.717, 1.165) is 37.4 Å². The molecular weight excluding hydrogens is 316 g/mol. The van der Waals surface area contributed by atoms with Crippen molar-refractivity contribution in [3.63, 3.8) is 0 Å². The molecule has 1 saturated heterocycles. The minimum absolute atomic E-state index is 0.0967. The average Bonchev–Trinajstić information content (AvgIpc) is 2.61. The number of hydrogen-bond acceptors (Lipinski definition) is 5. The SMILES string of the molecule is CC(C)Cn1ccnc(Nc2ccc(NC3CCOCC3)cc2)c1=O. The van der Waals surface area contributed by atoms with E-state index in [9.17, 15) is 4.79 Å². The molecule has 25 heavy (non-hydrogen) atoms. The van der Waals surface area contributed by atoms with Gasteiger partial charge in [-0.05, 0) is 43.0 Å². The van der Waals surface area contributed by atoms with Crippen LogP contribution in [0.1, 0.15) is 26.7 Å². The normalized spacial score (nSPS) is 15.3. The van der Waals surface area contributed by atoms with Crippen molar-refractivity contribution >= 4 is 17.2 Å². The summed E-state index contributed by atoms with van der Waals surface area (Å²) in [5.41, 5.74) is 1.83. The quantitative estimate of drug-likeness (QED) is 0.843. The molecule has 6 nitrogen and oxygen atoms in total. The highest BCUT2D eigenvalue weighted by Crippen LogP contribution is 2.19. The van der Waals surface area contributed by atoms with Crippen LogP contribution in [-0.4, -0.2) is 28.8 Å². The van der Waals surface area contributed by atoms with Crippen LogP contribution in [0.5, 0.6) is 0 Å². The van der Waals surface area contributed by atoms with Crippen LogP contribution >= 0.6 is 0 Å². The lowest BCUT2D eigenvalue weighted by Crippen LogP contribution is -2.27. The lowest BCUT2D eigenvalue weighted by atomic mass is 10.1. The Hall–Kier alpha value is -2.34. The average molecular weight is 342 g/mol. The fourth-order valence-corrected chi connectivity index (χ4v) is 2.93. The molecule has 3 rings (SSSR count). The van der Waals surface area contributed by atoms with Crippen LogP contribution in [0.4, 0.5) is 17.2 Å². The summed E-state index contributed by atoms with van der Waals surface area (Å²) in [4.78, 5) is 16.6. The largest absolute Gasteiger partial charge is 0.382 e. The van der Waals surface area contributed by atoms with Gasteiger partial charge in [-0.2, -0.15) is 0 Å². The number of aromatic nitrogens is 2. The molecule has 1 aromatic heterocycles. The first-order valence-electron chi connectivity index (χ1n) is 8.88. The lowest BCUT2D eigenvalue weighted by Gasteiger charge is -2.24. The van der Waals surface area contributed by atoms with E-state index in [0.29, 0.717) is 24.3 Å². The molecule has 0 radical (unpaired) electrons. The van der Waals surface area contributed by atoms with Crippen molar-refractivity contribution in [2.45, 2.75) is 39.3 Å². The maximum absolute atomic E-state index is 12.5. The second kappa shape index (κ2) is 8.16. The summed E-state index contributed by atoms with van der Waals surface area (Å²) in [7, 11) is 0. The Balaban J connectivity index is 1.66. The summed E-state index contributed by atoms with van der Waals surface area (Å²) in [5, 5.41) is 6.65. The summed E-state index contributed by atoms with van der Waals surface area (Å²) < 4.78 is 7.07. The van der Waals surface area contributed by atoms with Crippen molar-refractivity contribution in [1.82, 2.24) is 9.55 Å².